The lowest BCUT2D eigenvalue weighted by molar-refractivity contribution is -0.107. The van der Waals surface area contributed by atoms with Gasteiger partial charge in [0.1, 0.15) is 12.0 Å². The Morgan fingerprint density at radius 1 is 1.54 bits per heavy atom. The molecule has 0 unspecified atom stereocenters. The zero-order chi connectivity index (χ0) is 9.68. The highest BCUT2D eigenvalue weighted by Crippen LogP contribution is 2.04. The van der Waals surface area contributed by atoms with Crippen LogP contribution in [0, 0.1) is 25.7 Å². The van der Waals surface area contributed by atoms with Gasteiger partial charge in [0.15, 0.2) is 0 Å². The first-order chi connectivity index (χ1) is 6.24. The molecule has 2 nitrogen and oxygen atoms in total. The van der Waals surface area contributed by atoms with Crippen molar-refractivity contribution in [2.24, 2.45) is 0 Å². The van der Waals surface area contributed by atoms with Gasteiger partial charge in [0.25, 0.3) is 0 Å². The van der Waals surface area contributed by atoms with Crippen molar-refractivity contribution < 1.29 is 4.79 Å². The molecule has 0 saturated heterocycles. The predicted octanol–water partition coefficient (Wildman–Crippen LogP) is 1.64. The highest BCUT2D eigenvalue weighted by atomic mass is 16.1. The van der Waals surface area contributed by atoms with E-state index in [0.29, 0.717) is 0 Å². The number of carbonyl (C=O) groups excluding carboxylic acids is 1. The SMILES string of the molecule is Cc1cnc(C#CCC=O)c(C)c1. The molecule has 13 heavy (non-hydrogen) atoms. The summed E-state index contributed by atoms with van der Waals surface area (Å²) in [5.74, 6) is 5.58. The molecular formula is C11H11NO. The van der Waals surface area contributed by atoms with Gasteiger partial charge in [0.05, 0.1) is 6.42 Å². The van der Waals surface area contributed by atoms with E-state index in [1.165, 1.54) is 0 Å². The molecule has 66 valence electrons. The largest absolute Gasteiger partial charge is 0.302 e. The van der Waals surface area contributed by atoms with Crippen LogP contribution in [0.4, 0.5) is 0 Å². The van der Waals surface area contributed by atoms with E-state index in [4.69, 9.17) is 0 Å². The Balaban J connectivity index is 2.91. The van der Waals surface area contributed by atoms with E-state index >= 15 is 0 Å². The van der Waals surface area contributed by atoms with E-state index in [0.717, 1.165) is 23.1 Å². The van der Waals surface area contributed by atoms with Crippen LogP contribution in [0.25, 0.3) is 0 Å². The average Bonchev–Trinajstić information content (AvgIpc) is 2.09. The maximum atomic E-state index is 10.0. The fourth-order valence-corrected chi connectivity index (χ4v) is 1.02. The fourth-order valence-electron chi connectivity index (χ4n) is 1.02. The molecule has 0 aliphatic heterocycles. The number of aldehydes is 1. The van der Waals surface area contributed by atoms with Gasteiger partial charge in [-0.2, -0.15) is 0 Å². The minimum absolute atomic E-state index is 0.273. The van der Waals surface area contributed by atoms with Gasteiger partial charge < -0.3 is 4.79 Å². The van der Waals surface area contributed by atoms with Crippen molar-refractivity contribution in [3.63, 3.8) is 0 Å². The van der Waals surface area contributed by atoms with Gasteiger partial charge >= 0.3 is 0 Å². The summed E-state index contributed by atoms with van der Waals surface area (Å²) in [6.45, 7) is 3.95. The fraction of sp³-hybridized carbons (Fsp3) is 0.273. The zero-order valence-electron chi connectivity index (χ0n) is 7.79. The van der Waals surface area contributed by atoms with Gasteiger partial charge in [-0.15, -0.1) is 0 Å². The summed E-state index contributed by atoms with van der Waals surface area (Å²) in [5.41, 5.74) is 2.93. The Bertz CT molecular complexity index is 371. The molecule has 1 heterocycles. The molecule has 0 aliphatic rings. The van der Waals surface area contributed by atoms with Gasteiger partial charge in [-0.25, -0.2) is 4.98 Å². The molecule has 1 aromatic heterocycles. The number of aryl methyl sites for hydroxylation is 2. The minimum Gasteiger partial charge on any atom is -0.302 e. The van der Waals surface area contributed by atoms with Crippen LogP contribution in [-0.4, -0.2) is 11.3 Å². The van der Waals surface area contributed by atoms with Gasteiger partial charge in [-0.05, 0) is 30.9 Å². The molecule has 0 atom stereocenters. The van der Waals surface area contributed by atoms with Crippen molar-refractivity contribution in [2.75, 3.05) is 0 Å². The maximum absolute atomic E-state index is 10.0. The summed E-state index contributed by atoms with van der Waals surface area (Å²) in [6.07, 6.45) is 2.84. The minimum atomic E-state index is 0.273. The van der Waals surface area contributed by atoms with Crippen LogP contribution >= 0.6 is 0 Å². The van der Waals surface area contributed by atoms with Crippen LogP contribution in [0.2, 0.25) is 0 Å². The Morgan fingerprint density at radius 2 is 2.31 bits per heavy atom. The Kier molecular flexibility index (Phi) is 3.22. The molecule has 0 bridgehead atoms. The van der Waals surface area contributed by atoms with Crippen LogP contribution in [0.1, 0.15) is 23.2 Å². The van der Waals surface area contributed by atoms with Gasteiger partial charge in [-0.3, -0.25) is 0 Å². The third kappa shape index (κ3) is 2.72. The second kappa shape index (κ2) is 4.42. The van der Waals surface area contributed by atoms with Crippen molar-refractivity contribution in [1.82, 2.24) is 4.98 Å². The molecule has 0 radical (unpaired) electrons. The number of hydrogen-bond acceptors (Lipinski definition) is 2. The molecule has 0 amide bonds. The van der Waals surface area contributed by atoms with Gasteiger partial charge in [-0.1, -0.05) is 12.0 Å². The number of rotatable bonds is 1. The standard InChI is InChI=1S/C11H11NO/c1-9-7-10(2)11(12-8-9)5-3-4-6-13/h6-8H,4H2,1-2H3. The van der Waals surface area contributed by atoms with E-state index < -0.39 is 0 Å². The van der Waals surface area contributed by atoms with E-state index in [2.05, 4.69) is 16.8 Å². The monoisotopic (exact) mass is 173 g/mol. The first kappa shape index (κ1) is 9.47. The first-order valence-electron chi connectivity index (χ1n) is 4.10. The van der Waals surface area contributed by atoms with Crippen molar-refractivity contribution in [1.29, 1.82) is 0 Å². The van der Waals surface area contributed by atoms with E-state index in [1.807, 2.05) is 19.9 Å². The van der Waals surface area contributed by atoms with Crippen LogP contribution < -0.4 is 0 Å². The van der Waals surface area contributed by atoms with Crippen LogP contribution in [-0.2, 0) is 4.79 Å². The van der Waals surface area contributed by atoms with Crippen LogP contribution in [0.5, 0.6) is 0 Å². The summed E-state index contributed by atoms with van der Waals surface area (Å²) < 4.78 is 0. The number of carbonyl (C=O) groups is 1. The van der Waals surface area contributed by atoms with E-state index in [9.17, 15) is 4.79 Å². The highest BCUT2D eigenvalue weighted by Gasteiger charge is 1.94. The van der Waals surface area contributed by atoms with E-state index in [1.54, 1.807) is 6.20 Å². The Hall–Kier alpha value is -1.62. The first-order valence-corrected chi connectivity index (χ1v) is 4.10. The lowest BCUT2D eigenvalue weighted by Crippen LogP contribution is -1.88. The molecule has 0 saturated carbocycles. The molecule has 1 rings (SSSR count). The lowest BCUT2D eigenvalue weighted by atomic mass is 10.2. The third-order valence-corrected chi connectivity index (χ3v) is 1.61. The zero-order valence-corrected chi connectivity index (χ0v) is 7.79. The second-order valence-electron chi connectivity index (χ2n) is 2.85. The lowest BCUT2D eigenvalue weighted by Gasteiger charge is -1.97. The van der Waals surface area contributed by atoms with Crippen molar-refractivity contribution in [3.8, 4) is 11.8 Å². The van der Waals surface area contributed by atoms with Crippen LogP contribution in [0.3, 0.4) is 0 Å². The van der Waals surface area contributed by atoms with Crippen molar-refractivity contribution in [2.45, 2.75) is 20.3 Å². The quantitative estimate of drug-likeness (QED) is 0.477. The molecule has 1 aromatic rings. The molecule has 0 fully saturated rings. The summed E-state index contributed by atoms with van der Waals surface area (Å²) in [4.78, 5) is 14.2. The second-order valence-corrected chi connectivity index (χ2v) is 2.85. The molecule has 0 spiro atoms. The summed E-state index contributed by atoms with van der Waals surface area (Å²) in [5, 5.41) is 0. The molecular weight excluding hydrogens is 162 g/mol. The molecule has 0 aliphatic carbocycles. The number of aromatic nitrogens is 1. The highest BCUT2D eigenvalue weighted by molar-refractivity contribution is 5.54. The maximum Gasteiger partial charge on any atom is 0.131 e. The summed E-state index contributed by atoms with van der Waals surface area (Å²) in [6, 6.07) is 2.03. The van der Waals surface area contributed by atoms with Gasteiger partial charge in [0, 0.05) is 6.20 Å². The average molecular weight is 173 g/mol. The van der Waals surface area contributed by atoms with Crippen molar-refractivity contribution in [3.05, 3.63) is 29.1 Å². The summed E-state index contributed by atoms with van der Waals surface area (Å²) in [7, 11) is 0. The normalized spacial score (nSPS) is 8.77. The number of pyridine rings is 1. The van der Waals surface area contributed by atoms with E-state index in [-0.39, 0.29) is 6.42 Å². The van der Waals surface area contributed by atoms with Crippen molar-refractivity contribution >= 4 is 6.29 Å². The predicted molar refractivity (Wildman–Crippen MR) is 51.3 cm³/mol. The Morgan fingerprint density at radius 3 is 2.92 bits per heavy atom. The Labute approximate surface area is 78.0 Å². The number of hydrogen-bond donors (Lipinski definition) is 0. The smallest absolute Gasteiger partial charge is 0.131 e. The third-order valence-electron chi connectivity index (χ3n) is 1.61. The molecule has 0 aromatic carbocycles. The molecule has 0 N–H and O–H groups in total. The van der Waals surface area contributed by atoms with Gasteiger partial charge in [0.2, 0.25) is 0 Å². The summed E-state index contributed by atoms with van der Waals surface area (Å²) >= 11 is 0. The van der Waals surface area contributed by atoms with Crippen LogP contribution in [0.15, 0.2) is 12.3 Å². The molecule has 2 heteroatoms. The number of nitrogens with zero attached hydrogens (tertiary/aromatic N) is 1. The topological polar surface area (TPSA) is 30.0 Å².